The third-order valence-corrected chi connectivity index (χ3v) is 5.60. The number of thiazole rings is 1. The Balaban J connectivity index is 1.50. The second-order valence-electron chi connectivity index (χ2n) is 6.56. The highest BCUT2D eigenvalue weighted by atomic mass is 35.5. The number of ether oxygens (including phenoxy) is 1. The highest BCUT2D eigenvalue weighted by molar-refractivity contribution is 7.17. The molecule has 0 unspecified atom stereocenters. The van der Waals surface area contributed by atoms with Gasteiger partial charge in [-0.15, -0.1) is 11.3 Å². The molecule has 0 aliphatic carbocycles. The van der Waals surface area contributed by atoms with Gasteiger partial charge in [-0.2, -0.15) is 0 Å². The first kappa shape index (κ1) is 24.2. The van der Waals surface area contributed by atoms with Gasteiger partial charge in [0.1, 0.15) is 9.88 Å². The van der Waals surface area contributed by atoms with Gasteiger partial charge in [-0.25, -0.2) is 22.9 Å². The fourth-order valence-corrected chi connectivity index (χ4v) is 3.64. The normalized spacial score (nSPS) is 10.6. The van der Waals surface area contributed by atoms with Crippen molar-refractivity contribution in [2.24, 2.45) is 0 Å². The Labute approximate surface area is 194 Å². The molecule has 0 radical (unpaired) electrons. The predicted octanol–water partition coefficient (Wildman–Crippen LogP) is 4.10. The van der Waals surface area contributed by atoms with E-state index >= 15 is 0 Å². The minimum absolute atomic E-state index is 0.208. The zero-order chi connectivity index (χ0) is 24.1. The lowest BCUT2D eigenvalue weighted by Gasteiger charge is -2.09. The number of aromatic nitrogens is 1. The summed E-state index contributed by atoms with van der Waals surface area (Å²) in [5.41, 5.74) is 0.591. The van der Waals surface area contributed by atoms with E-state index in [0.717, 1.165) is 23.0 Å². The summed E-state index contributed by atoms with van der Waals surface area (Å²) in [7, 11) is 0. The molecule has 1 aromatic heterocycles. The second kappa shape index (κ2) is 10.5. The topological polar surface area (TPSA) is 97.4 Å². The van der Waals surface area contributed by atoms with Gasteiger partial charge < -0.3 is 15.4 Å². The Bertz CT molecular complexity index is 1220. The Kier molecular flexibility index (Phi) is 7.67. The third-order valence-electron chi connectivity index (χ3n) is 4.16. The Morgan fingerprint density at radius 2 is 1.73 bits per heavy atom. The number of rotatable bonds is 7. The molecule has 1 heterocycles. The van der Waals surface area contributed by atoms with Gasteiger partial charge in [-0.3, -0.25) is 9.59 Å². The summed E-state index contributed by atoms with van der Waals surface area (Å²) >= 11 is 6.95. The van der Waals surface area contributed by atoms with E-state index < -0.39 is 54.1 Å². The molecule has 0 aliphatic rings. The van der Waals surface area contributed by atoms with E-state index in [-0.39, 0.29) is 4.88 Å². The van der Waals surface area contributed by atoms with Crippen molar-refractivity contribution in [1.82, 2.24) is 10.3 Å². The van der Waals surface area contributed by atoms with Gasteiger partial charge in [0.15, 0.2) is 24.1 Å². The van der Waals surface area contributed by atoms with Crippen molar-refractivity contribution in [3.63, 3.8) is 0 Å². The van der Waals surface area contributed by atoms with Crippen LogP contribution in [0, 0.1) is 24.4 Å². The number of hydrogen-bond donors (Lipinski definition) is 2. The summed E-state index contributed by atoms with van der Waals surface area (Å²) in [6, 6.07) is 8.36. The lowest BCUT2D eigenvalue weighted by atomic mass is 10.2. The standard InChI is InChI=1S/C21H15ClF3N3O4S/c1-10-19(33-20(27-10)11-2-4-12(22)5-3-11)21(31)32-9-16(30)26-8-15(29)28-14-7-6-13(23)17(24)18(14)25/h2-7H,8-9H2,1H3,(H,26,30)(H,28,29). The van der Waals surface area contributed by atoms with Crippen LogP contribution in [0.15, 0.2) is 36.4 Å². The van der Waals surface area contributed by atoms with Crippen molar-refractivity contribution in [1.29, 1.82) is 0 Å². The number of aryl methyl sites for hydroxylation is 1. The smallest absolute Gasteiger partial charge is 0.350 e. The molecule has 0 saturated carbocycles. The minimum atomic E-state index is -1.73. The zero-order valence-corrected chi connectivity index (χ0v) is 18.5. The number of anilines is 1. The Morgan fingerprint density at radius 3 is 2.42 bits per heavy atom. The van der Waals surface area contributed by atoms with Gasteiger partial charge in [-0.05, 0) is 31.2 Å². The van der Waals surface area contributed by atoms with Crippen molar-refractivity contribution in [3.8, 4) is 10.6 Å². The first-order valence-electron chi connectivity index (χ1n) is 9.26. The number of benzene rings is 2. The quantitative estimate of drug-likeness (QED) is 0.378. The second-order valence-corrected chi connectivity index (χ2v) is 8.00. The molecule has 2 aromatic carbocycles. The van der Waals surface area contributed by atoms with Crippen LogP contribution in [-0.4, -0.2) is 35.9 Å². The van der Waals surface area contributed by atoms with Crippen LogP contribution in [-0.2, 0) is 14.3 Å². The molecular weight excluding hydrogens is 483 g/mol. The maximum Gasteiger partial charge on any atom is 0.350 e. The van der Waals surface area contributed by atoms with Gasteiger partial charge in [0.05, 0.1) is 17.9 Å². The van der Waals surface area contributed by atoms with Crippen molar-refractivity contribution >= 4 is 46.4 Å². The van der Waals surface area contributed by atoms with Gasteiger partial charge in [0.25, 0.3) is 5.91 Å². The van der Waals surface area contributed by atoms with Crippen LogP contribution < -0.4 is 10.6 Å². The van der Waals surface area contributed by atoms with Crippen LogP contribution in [0.25, 0.3) is 10.6 Å². The predicted molar refractivity (Wildman–Crippen MR) is 116 cm³/mol. The van der Waals surface area contributed by atoms with E-state index in [4.69, 9.17) is 16.3 Å². The molecule has 0 bridgehead atoms. The van der Waals surface area contributed by atoms with Gasteiger partial charge in [-0.1, -0.05) is 23.7 Å². The minimum Gasteiger partial charge on any atom is -0.451 e. The Hall–Kier alpha value is -3.44. The van der Waals surface area contributed by atoms with Gasteiger partial charge in [0.2, 0.25) is 5.91 Å². The van der Waals surface area contributed by atoms with E-state index in [1.54, 1.807) is 31.2 Å². The molecular formula is C21H15ClF3N3O4S. The van der Waals surface area contributed by atoms with Crippen molar-refractivity contribution in [2.45, 2.75) is 6.92 Å². The molecule has 0 fully saturated rings. The summed E-state index contributed by atoms with van der Waals surface area (Å²) in [5.74, 6) is -7.18. The zero-order valence-electron chi connectivity index (χ0n) is 16.9. The molecule has 172 valence electrons. The molecule has 2 amide bonds. The largest absolute Gasteiger partial charge is 0.451 e. The van der Waals surface area contributed by atoms with E-state index in [1.807, 2.05) is 5.32 Å². The monoisotopic (exact) mass is 497 g/mol. The molecule has 0 aliphatic heterocycles. The van der Waals surface area contributed by atoms with Gasteiger partial charge in [0, 0.05) is 10.6 Å². The van der Waals surface area contributed by atoms with Crippen LogP contribution in [0.4, 0.5) is 18.9 Å². The summed E-state index contributed by atoms with van der Waals surface area (Å²) in [5, 5.41) is 5.29. The number of nitrogens with one attached hydrogen (secondary N) is 2. The average Bonchev–Trinajstić information content (AvgIpc) is 3.18. The molecule has 3 rings (SSSR count). The molecule has 0 spiro atoms. The molecule has 7 nitrogen and oxygen atoms in total. The van der Waals surface area contributed by atoms with E-state index in [2.05, 4.69) is 10.3 Å². The van der Waals surface area contributed by atoms with Crippen LogP contribution in [0.3, 0.4) is 0 Å². The number of carbonyl (C=O) groups excluding carboxylic acids is 3. The molecule has 33 heavy (non-hydrogen) atoms. The van der Waals surface area contributed by atoms with Crippen LogP contribution in [0.5, 0.6) is 0 Å². The number of carbonyl (C=O) groups is 3. The summed E-state index contributed by atoms with van der Waals surface area (Å²) in [6.45, 7) is 0.322. The van der Waals surface area contributed by atoms with Gasteiger partial charge >= 0.3 is 5.97 Å². The average molecular weight is 498 g/mol. The number of nitrogens with zero attached hydrogens (tertiary/aromatic N) is 1. The molecule has 0 saturated heterocycles. The number of hydrogen-bond acceptors (Lipinski definition) is 6. The molecule has 12 heteroatoms. The molecule has 2 N–H and O–H groups in total. The lowest BCUT2D eigenvalue weighted by molar-refractivity contribution is -0.126. The summed E-state index contributed by atoms with van der Waals surface area (Å²) in [6.07, 6.45) is 0. The first-order valence-corrected chi connectivity index (χ1v) is 10.5. The van der Waals surface area contributed by atoms with E-state index in [0.29, 0.717) is 21.8 Å². The van der Waals surface area contributed by atoms with Crippen molar-refractivity contribution < 1.29 is 32.3 Å². The first-order chi connectivity index (χ1) is 15.7. The SMILES string of the molecule is Cc1nc(-c2ccc(Cl)cc2)sc1C(=O)OCC(=O)NCC(=O)Nc1ccc(F)c(F)c1F. The van der Waals surface area contributed by atoms with Crippen molar-refractivity contribution in [3.05, 3.63) is 69.4 Å². The summed E-state index contributed by atoms with van der Waals surface area (Å²) < 4.78 is 44.6. The fraction of sp³-hybridized carbons (Fsp3) is 0.143. The van der Waals surface area contributed by atoms with E-state index in [1.165, 1.54) is 0 Å². The fourth-order valence-electron chi connectivity index (χ4n) is 2.55. The maximum absolute atomic E-state index is 13.6. The molecule has 3 aromatic rings. The van der Waals surface area contributed by atoms with E-state index in [9.17, 15) is 27.6 Å². The molecule has 0 atom stereocenters. The number of esters is 1. The summed E-state index contributed by atoms with van der Waals surface area (Å²) in [4.78, 5) is 40.5. The Morgan fingerprint density at radius 1 is 1.03 bits per heavy atom. The van der Waals surface area contributed by atoms with Crippen LogP contribution >= 0.6 is 22.9 Å². The maximum atomic E-state index is 13.6. The highest BCUT2D eigenvalue weighted by Gasteiger charge is 2.19. The highest BCUT2D eigenvalue weighted by Crippen LogP contribution is 2.29. The van der Waals surface area contributed by atoms with Crippen LogP contribution in [0.1, 0.15) is 15.4 Å². The lowest BCUT2D eigenvalue weighted by Crippen LogP contribution is -2.35. The van der Waals surface area contributed by atoms with Crippen LogP contribution in [0.2, 0.25) is 5.02 Å². The number of amides is 2. The number of halogens is 4. The third kappa shape index (κ3) is 6.08. The van der Waals surface area contributed by atoms with Crippen molar-refractivity contribution in [2.75, 3.05) is 18.5 Å².